The number of piperazine rings is 1. The number of hydrogen-bond acceptors (Lipinski definition) is 4. The van der Waals surface area contributed by atoms with E-state index >= 15 is 0 Å². The van der Waals surface area contributed by atoms with Crippen molar-refractivity contribution in [2.24, 2.45) is 0 Å². The molecule has 0 radical (unpaired) electrons. The molecule has 0 aliphatic carbocycles. The highest BCUT2D eigenvalue weighted by atomic mass is 16.5. The van der Waals surface area contributed by atoms with Gasteiger partial charge in [0.1, 0.15) is 0 Å². The van der Waals surface area contributed by atoms with Crippen LogP contribution in [0.5, 0.6) is 0 Å². The van der Waals surface area contributed by atoms with Crippen LogP contribution >= 0.6 is 0 Å². The SMILES string of the molecule is CCc1cc(CN2C[C@@H]3C[C@H]2C(=O)N3)on1. The predicted octanol–water partition coefficient (Wildman–Crippen LogP) is 0.310. The Morgan fingerprint density at radius 2 is 2.56 bits per heavy atom. The number of aryl methyl sites for hydroxylation is 1. The molecule has 5 heteroatoms. The van der Waals surface area contributed by atoms with Crippen molar-refractivity contribution in [2.75, 3.05) is 6.54 Å². The summed E-state index contributed by atoms with van der Waals surface area (Å²) >= 11 is 0. The molecule has 0 unspecified atom stereocenters. The van der Waals surface area contributed by atoms with E-state index in [1.54, 1.807) is 0 Å². The highest BCUT2D eigenvalue weighted by molar-refractivity contribution is 5.85. The lowest BCUT2D eigenvalue weighted by atomic mass is 10.2. The molecule has 1 aromatic rings. The molecule has 2 atom stereocenters. The Balaban J connectivity index is 1.69. The minimum absolute atomic E-state index is 0.0418. The van der Waals surface area contributed by atoms with Crippen LogP contribution in [0.15, 0.2) is 10.6 Å². The molecule has 16 heavy (non-hydrogen) atoms. The number of aromatic nitrogens is 1. The fourth-order valence-corrected chi connectivity index (χ4v) is 2.55. The van der Waals surface area contributed by atoms with Gasteiger partial charge in [-0.1, -0.05) is 12.1 Å². The lowest BCUT2D eigenvalue weighted by Gasteiger charge is -2.24. The van der Waals surface area contributed by atoms with Crippen molar-refractivity contribution in [2.45, 2.75) is 38.4 Å². The second-order valence-electron chi connectivity index (χ2n) is 4.52. The van der Waals surface area contributed by atoms with E-state index in [4.69, 9.17) is 4.52 Å². The average Bonchev–Trinajstić information content (AvgIpc) is 2.92. The average molecular weight is 221 g/mol. The number of carbonyl (C=O) groups is 1. The summed E-state index contributed by atoms with van der Waals surface area (Å²) < 4.78 is 5.24. The molecule has 1 amide bonds. The molecular formula is C11H15N3O2. The van der Waals surface area contributed by atoms with E-state index in [1.807, 2.05) is 13.0 Å². The van der Waals surface area contributed by atoms with E-state index in [9.17, 15) is 4.79 Å². The van der Waals surface area contributed by atoms with Crippen molar-refractivity contribution in [3.63, 3.8) is 0 Å². The van der Waals surface area contributed by atoms with Crippen LogP contribution in [0.3, 0.4) is 0 Å². The van der Waals surface area contributed by atoms with Gasteiger partial charge in [-0.2, -0.15) is 0 Å². The second-order valence-corrected chi connectivity index (χ2v) is 4.52. The normalized spacial score (nSPS) is 28.7. The molecule has 0 aromatic carbocycles. The highest BCUT2D eigenvalue weighted by Gasteiger charge is 2.44. The predicted molar refractivity (Wildman–Crippen MR) is 56.6 cm³/mol. The Labute approximate surface area is 93.8 Å². The molecule has 2 bridgehead atoms. The molecule has 1 N–H and O–H groups in total. The Bertz CT molecular complexity index is 415. The smallest absolute Gasteiger partial charge is 0.237 e. The number of nitrogens with zero attached hydrogens (tertiary/aromatic N) is 2. The molecule has 0 saturated carbocycles. The molecule has 3 heterocycles. The largest absolute Gasteiger partial charge is 0.360 e. The monoisotopic (exact) mass is 221 g/mol. The fourth-order valence-electron chi connectivity index (χ4n) is 2.55. The van der Waals surface area contributed by atoms with E-state index in [0.29, 0.717) is 12.6 Å². The molecule has 2 saturated heterocycles. The summed E-state index contributed by atoms with van der Waals surface area (Å²) in [5.74, 6) is 1.02. The number of rotatable bonds is 3. The summed E-state index contributed by atoms with van der Waals surface area (Å²) in [4.78, 5) is 13.7. The van der Waals surface area contributed by atoms with Gasteiger partial charge in [-0.25, -0.2) is 0 Å². The lowest BCUT2D eigenvalue weighted by molar-refractivity contribution is -0.125. The van der Waals surface area contributed by atoms with Crippen LogP contribution in [0.2, 0.25) is 0 Å². The third-order valence-electron chi connectivity index (χ3n) is 3.38. The number of nitrogens with one attached hydrogen (secondary N) is 1. The van der Waals surface area contributed by atoms with Gasteiger partial charge in [0.15, 0.2) is 5.76 Å². The first-order valence-corrected chi connectivity index (χ1v) is 5.75. The van der Waals surface area contributed by atoms with Crippen molar-refractivity contribution in [1.82, 2.24) is 15.4 Å². The Kier molecular flexibility index (Phi) is 2.21. The summed E-state index contributed by atoms with van der Waals surface area (Å²) in [5.41, 5.74) is 0.976. The summed E-state index contributed by atoms with van der Waals surface area (Å²) in [6.45, 7) is 3.67. The van der Waals surface area contributed by atoms with Crippen LogP contribution in [-0.2, 0) is 17.8 Å². The van der Waals surface area contributed by atoms with Crippen molar-refractivity contribution in [1.29, 1.82) is 0 Å². The number of likely N-dealkylation sites (tertiary alicyclic amines) is 1. The van der Waals surface area contributed by atoms with E-state index in [2.05, 4.69) is 15.4 Å². The molecule has 1 aromatic heterocycles. The van der Waals surface area contributed by atoms with Crippen molar-refractivity contribution < 1.29 is 9.32 Å². The fraction of sp³-hybridized carbons (Fsp3) is 0.636. The van der Waals surface area contributed by atoms with Crippen molar-refractivity contribution in [3.05, 3.63) is 17.5 Å². The number of amides is 1. The van der Waals surface area contributed by atoms with Crippen LogP contribution < -0.4 is 5.32 Å². The maximum Gasteiger partial charge on any atom is 0.237 e. The molecule has 0 spiro atoms. The minimum Gasteiger partial charge on any atom is -0.360 e. The van der Waals surface area contributed by atoms with Crippen LogP contribution in [-0.4, -0.2) is 34.6 Å². The van der Waals surface area contributed by atoms with Gasteiger partial charge in [-0.15, -0.1) is 0 Å². The van der Waals surface area contributed by atoms with E-state index in [1.165, 1.54) is 0 Å². The van der Waals surface area contributed by atoms with E-state index in [-0.39, 0.29) is 11.9 Å². The van der Waals surface area contributed by atoms with Gasteiger partial charge in [0.2, 0.25) is 5.91 Å². The second kappa shape index (κ2) is 3.59. The van der Waals surface area contributed by atoms with Gasteiger partial charge >= 0.3 is 0 Å². The maximum absolute atomic E-state index is 11.5. The summed E-state index contributed by atoms with van der Waals surface area (Å²) in [6.07, 6.45) is 1.82. The first-order chi connectivity index (χ1) is 7.76. The van der Waals surface area contributed by atoms with E-state index in [0.717, 1.165) is 30.8 Å². The Hall–Kier alpha value is -1.36. The van der Waals surface area contributed by atoms with Crippen molar-refractivity contribution in [3.8, 4) is 0 Å². The van der Waals surface area contributed by atoms with Gasteiger partial charge in [-0.05, 0) is 12.8 Å². The number of fused-ring (bicyclic) bond motifs is 2. The topological polar surface area (TPSA) is 58.4 Å². The molecule has 2 fully saturated rings. The van der Waals surface area contributed by atoms with Crippen LogP contribution in [0, 0.1) is 0 Å². The summed E-state index contributed by atoms with van der Waals surface area (Å²) in [7, 11) is 0. The van der Waals surface area contributed by atoms with Crippen LogP contribution in [0.4, 0.5) is 0 Å². The third-order valence-corrected chi connectivity index (χ3v) is 3.38. The molecule has 3 rings (SSSR count). The highest BCUT2D eigenvalue weighted by Crippen LogP contribution is 2.26. The van der Waals surface area contributed by atoms with Gasteiger partial charge in [0.05, 0.1) is 18.3 Å². The van der Waals surface area contributed by atoms with Gasteiger partial charge < -0.3 is 9.84 Å². The van der Waals surface area contributed by atoms with E-state index < -0.39 is 0 Å². The number of hydrogen-bond donors (Lipinski definition) is 1. The maximum atomic E-state index is 11.5. The molecule has 2 aliphatic rings. The van der Waals surface area contributed by atoms with Gasteiger partial charge in [0.25, 0.3) is 0 Å². The third kappa shape index (κ3) is 1.51. The lowest BCUT2D eigenvalue weighted by Crippen LogP contribution is -2.47. The summed E-state index contributed by atoms with van der Waals surface area (Å²) in [6, 6.07) is 2.36. The number of carbonyl (C=O) groups excluding carboxylic acids is 1. The van der Waals surface area contributed by atoms with Crippen molar-refractivity contribution >= 4 is 5.91 Å². The zero-order valence-electron chi connectivity index (χ0n) is 9.27. The van der Waals surface area contributed by atoms with Gasteiger partial charge in [-0.3, -0.25) is 9.69 Å². The van der Waals surface area contributed by atoms with Crippen LogP contribution in [0.25, 0.3) is 0 Å². The quantitative estimate of drug-likeness (QED) is 0.798. The Morgan fingerprint density at radius 1 is 1.69 bits per heavy atom. The zero-order valence-corrected chi connectivity index (χ0v) is 9.27. The first kappa shape index (κ1) is 9.84. The standard InChI is InChI=1S/C11H15N3O2/c1-2-7-3-9(16-13-7)6-14-5-8-4-10(14)11(15)12-8/h3,8,10H,2,4-6H2,1H3,(H,12,15)/t8-,10-/m0/s1. The minimum atomic E-state index is 0.0418. The molecule has 2 aliphatic heterocycles. The molecular weight excluding hydrogens is 206 g/mol. The van der Waals surface area contributed by atoms with Crippen LogP contribution in [0.1, 0.15) is 24.8 Å². The first-order valence-electron chi connectivity index (χ1n) is 5.75. The summed E-state index contributed by atoms with van der Waals surface area (Å²) in [5, 5.41) is 6.91. The molecule has 5 nitrogen and oxygen atoms in total. The Morgan fingerprint density at radius 3 is 3.19 bits per heavy atom. The van der Waals surface area contributed by atoms with Gasteiger partial charge in [0, 0.05) is 18.7 Å². The molecule has 86 valence electrons. The zero-order chi connectivity index (χ0) is 11.1.